The van der Waals surface area contributed by atoms with Gasteiger partial charge in [-0.1, -0.05) is 6.07 Å². The maximum Gasteiger partial charge on any atom is 0.241 e. The quantitative estimate of drug-likeness (QED) is 0.873. The van der Waals surface area contributed by atoms with Crippen molar-refractivity contribution in [2.75, 3.05) is 38.6 Å². The highest BCUT2D eigenvalue weighted by Crippen LogP contribution is 2.18. The zero-order valence-electron chi connectivity index (χ0n) is 14.8. The van der Waals surface area contributed by atoms with Crippen LogP contribution in [-0.2, 0) is 11.3 Å². The van der Waals surface area contributed by atoms with E-state index in [1.165, 1.54) is 0 Å². The van der Waals surface area contributed by atoms with E-state index in [0.717, 1.165) is 49.9 Å². The van der Waals surface area contributed by atoms with Crippen molar-refractivity contribution in [3.8, 4) is 5.75 Å². The Kier molecular flexibility index (Phi) is 5.73. The second kappa shape index (κ2) is 8.18. The molecule has 6 heteroatoms. The number of anilines is 1. The van der Waals surface area contributed by atoms with Crippen molar-refractivity contribution in [3.63, 3.8) is 0 Å². The number of carbonyl (C=O) groups is 1. The largest absolute Gasteiger partial charge is 0.497 e. The van der Waals surface area contributed by atoms with Crippen LogP contribution in [0.3, 0.4) is 0 Å². The second-order valence-corrected chi connectivity index (χ2v) is 6.29. The molecule has 0 saturated carbocycles. The molecule has 1 aromatic carbocycles. The number of nitrogens with zero attached hydrogens (tertiary/aromatic N) is 2. The molecule has 25 heavy (non-hydrogen) atoms. The molecular weight excluding hydrogens is 318 g/mol. The molecule has 1 aliphatic heterocycles. The topological polar surface area (TPSA) is 58.0 Å². The van der Waals surface area contributed by atoms with Crippen molar-refractivity contribution in [3.05, 3.63) is 48.4 Å². The molecule has 1 amide bonds. The van der Waals surface area contributed by atoms with Crippen LogP contribution in [0.1, 0.15) is 12.7 Å². The number of furan rings is 1. The van der Waals surface area contributed by atoms with Crippen LogP contribution in [0, 0.1) is 0 Å². The third-order valence-electron chi connectivity index (χ3n) is 4.63. The van der Waals surface area contributed by atoms with Crippen molar-refractivity contribution in [2.24, 2.45) is 0 Å². The third kappa shape index (κ3) is 4.61. The highest BCUT2D eigenvalue weighted by Gasteiger charge is 2.25. The van der Waals surface area contributed by atoms with Crippen molar-refractivity contribution in [1.82, 2.24) is 9.80 Å². The maximum atomic E-state index is 12.5. The lowest BCUT2D eigenvalue weighted by Gasteiger charge is -2.37. The Labute approximate surface area is 148 Å². The van der Waals surface area contributed by atoms with E-state index in [0.29, 0.717) is 0 Å². The lowest BCUT2D eigenvalue weighted by molar-refractivity contribution is -0.121. The summed E-state index contributed by atoms with van der Waals surface area (Å²) in [5.41, 5.74) is 0.757. The van der Waals surface area contributed by atoms with Crippen molar-refractivity contribution >= 4 is 11.6 Å². The van der Waals surface area contributed by atoms with Crippen LogP contribution in [0.2, 0.25) is 0 Å². The molecule has 1 fully saturated rings. The molecule has 1 atom stereocenters. The zero-order valence-corrected chi connectivity index (χ0v) is 14.8. The number of carbonyl (C=O) groups excluding carboxylic acids is 1. The van der Waals surface area contributed by atoms with Crippen LogP contribution >= 0.6 is 0 Å². The Morgan fingerprint density at radius 2 is 2.04 bits per heavy atom. The molecule has 0 bridgehead atoms. The van der Waals surface area contributed by atoms with E-state index >= 15 is 0 Å². The molecule has 6 nitrogen and oxygen atoms in total. The van der Waals surface area contributed by atoms with Gasteiger partial charge in [0, 0.05) is 37.9 Å². The minimum absolute atomic E-state index is 0.00716. The molecule has 2 heterocycles. The summed E-state index contributed by atoms with van der Waals surface area (Å²) in [5.74, 6) is 1.72. The van der Waals surface area contributed by atoms with Gasteiger partial charge in [-0.3, -0.25) is 14.6 Å². The summed E-state index contributed by atoms with van der Waals surface area (Å²) in [6.45, 7) is 6.37. The van der Waals surface area contributed by atoms with Crippen molar-refractivity contribution in [1.29, 1.82) is 0 Å². The maximum absolute atomic E-state index is 12.5. The SMILES string of the molecule is COc1cccc(NC(=O)C(C)N2CCN(Cc3ccco3)CC2)c1. The summed E-state index contributed by atoms with van der Waals surface area (Å²) in [7, 11) is 1.62. The van der Waals surface area contributed by atoms with Gasteiger partial charge in [-0.15, -0.1) is 0 Å². The number of ether oxygens (including phenoxy) is 1. The molecule has 3 rings (SSSR count). The molecule has 0 spiro atoms. The molecule has 2 aromatic rings. The summed E-state index contributed by atoms with van der Waals surface area (Å²) >= 11 is 0. The predicted molar refractivity (Wildman–Crippen MR) is 96.6 cm³/mol. The highest BCUT2D eigenvalue weighted by molar-refractivity contribution is 5.94. The minimum Gasteiger partial charge on any atom is -0.497 e. The van der Waals surface area contributed by atoms with Crippen LogP contribution < -0.4 is 10.1 Å². The van der Waals surface area contributed by atoms with Gasteiger partial charge >= 0.3 is 0 Å². The van der Waals surface area contributed by atoms with E-state index in [1.807, 2.05) is 43.3 Å². The smallest absolute Gasteiger partial charge is 0.241 e. The average Bonchev–Trinajstić information content (AvgIpc) is 3.15. The first-order valence-electron chi connectivity index (χ1n) is 8.59. The molecule has 1 N–H and O–H groups in total. The zero-order chi connectivity index (χ0) is 17.6. The van der Waals surface area contributed by atoms with Crippen LogP contribution in [0.4, 0.5) is 5.69 Å². The molecular formula is C19H25N3O3. The Bertz CT molecular complexity index is 679. The van der Waals surface area contributed by atoms with Gasteiger partial charge in [0.2, 0.25) is 5.91 Å². The van der Waals surface area contributed by atoms with E-state index < -0.39 is 0 Å². The van der Waals surface area contributed by atoms with E-state index in [1.54, 1.807) is 13.4 Å². The normalized spacial score (nSPS) is 17.2. The van der Waals surface area contributed by atoms with Gasteiger partial charge in [-0.25, -0.2) is 0 Å². The summed E-state index contributed by atoms with van der Waals surface area (Å²) in [6.07, 6.45) is 1.70. The lowest BCUT2D eigenvalue weighted by Crippen LogP contribution is -2.52. The number of rotatable bonds is 6. The van der Waals surface area contributed by atoms with E-state index in [-0.39, 0.29) is 11.9 Å². The summed E-state index contributed by atoms with van der Waals surface area (Å²) < 4.78 is 10.6. The Morgan fingerprint density at radius 1 is 1.24 bits per heavy atom. The Morgan fingerprint density at radius 3 is 2.72 bits per heavy atom. The Hall–Kier alpha value is -2.31. The van der Waals surface area contributed by atoms with Crippen LogP contribution in [-0.4, -0.2) is 55.0 Å². The number of benzene rings is 1. The molecule has 1 unspecified atom stereocenters. The first kappa shape index (κ1) is 17.5. The van der Waals surface area contributed by atoms with Gasteiger partial charge in [0.15, 0.2) is 0 Å². The van der Waals surface area contributed by atoms with Gasteiger partial charge in [-0.2, -0.15) is 0 Å². The fraction of sp³-hybridized carbons (Fsp3) is 0.421. The van der Waals surface area contributed by atoms with Gasteiger partial charge in [0.05, 0.1) is 26.0 Å². The second-order valence-electron chi connectivity index (χ2n) is 6.29. The molecule has 1 aliphatic rings. The van der Waals surface area contributed by atoms with Crippen molar-refractivity contribution in [2.45, 2.75) is 19.5 Å². The fourth-order valence-corrected chi connectivity index (χ4v) is 3.05. The molecule has 134 valence electrons. The van der Waals surface area contributed by atoms with Crippen molar-refractivity contribution < 1.29 is 13.9 Å². The number of hydrogen-bond donors (Lipinski definition) is 1. The van der Waals surface area contributed by atoms with Gasteiger partial charge in [0.1, 0.15) is 11.5 Å². The van der Waals surface area contributed by atoms with E-state index in [4.69, 9.17) is 9.15 Å². The summed E-state index contributed by atoms with van der Waals surface area (Å²) in [5, 5.41) is 2.97. The summed E-state index contributed by atoms with van der Waals surface area (Å²) in [4.78, 5) is 17.1. The first-order valence-corrected chi connectivity index (χ1v) is 8.59. The predicted octanol–water partition coefficient (Wildman–Crippen LogP) is 2.43. The number of piperazine rings is 1. The number of hydrogen-bond acceptors (Lipinski definition) is 5. The van der Waals surface area contributed by atoms with Crippen LogP contribution in [0.5, 0.6) is 5.75 Å². The number of nitrogens with one attached hydrogen (secondary N) is 1. The van der Waals surface area contributed by atoms with Gasteiger partial charge < -0.3 is 14.5 Å². The van der Waals surface area contributed by atoms with E-state index in [9.17, 15) is 4.79 Å². The van der Waals surface area contributed by atoms with Gasteiger partial charge in [-0.05, 0) is 31.2 Å². The minimum atomic E-state index is -0.169. The molecule has 0 radical (unpaired) electrons. The fourth-order valence-electron chi connectivity index (χ4n) is 3.05. The first-order chi connectivity index (χ1) is 12.2. The third-order valence-corrected chi connectivity index (χ3v) is 4.63. The lowest BCUT2D eigenvalue weighted by atomic mass is 10.2. The summed E-state index contributed by atoms with van der Waals surface area (Å²) in [6, 6.07) is 11.2. The molecule has 1 saturated heterocycles. The number of amides is 1. The monoisotopic (exact) mass is 343 g/mol. The van der Waals surface area contributed by atoms with Crippen LogP contribution in [0.25, 0.3) is 0 Å². The average molecular weight is 343 g/mol. The molecule has 0 aliphatic carbocycles. The number of methoxy groups -OCH3 is 1. The molecule has 1 aromatic heterocycles. The Balaban J connectivity index is 1.49. The highest BCUT2D eigenvalue weighted by atomic mass is 16.5. The van der Waals surface area contributed by atoms with Gasteiger partial charge in [0.25, 0.3) is 0 Å². The van der Waals surface area contributed by atoms with Crippen LogP contribution in [0.15, 0.2) is 47.1 Å². The standard InChI is InChI=1S/C19H25N3O3/c1-15(19(23)20-16-5-3-6-17(13-16)24-2)22-10-8-21(9-11-22)14-18-7-4-12-25-18/h3-7,12-13,15H,8-11,14H2,1-2H3,(H,20,23). The van der Waals surface area contributed by atoms with E-state index in [2.05, 4.69) is 15.1 Å².